The van der Waals surface area contributed by atoms with Crippen molar-refractivity contribution < 1.29 is 19.2 Å². The predicted octanol–water partition coefficient (Wildman–Crippen LogP) is 1.89. The summed E-state index contributed by atoms with van der Waals surface area (Å²) in [6, 6.07) is 5.44. The van der Waals surface area contributed by atoms with Crippen molar-refractivity contribution in [3.63, 3.8) is 0 Å². The minimum Gasteiger partial charge on any atom is -0.281 e. The number of carbonyl (C=O) groups excluding carboxylic acids is 4. The van der Waals surface area contributed by atoms with Crippen LogP contribution in [-0.2, 0) is 19.2 Å². The second-order valence-corrected chi connectivity index (χ2v) is 10.4. The van der Waals surface area contributed by atoms with Gasteiger partial charge in [0.1, 0.15) is 12.1 Å². The lowest BCUT2D eigenvalue weighted by atomic mass is 9.88. The van der Waals surface area contributed by atoms with Gasteiger partial charge >= 0.3 is 0 Å². The van der Waals surface area contributed by atoms with Crippen LogP contribution in [0.5, 0.6) is 0 Å². The Morgan fingerprint density at radius 1 is 0.656 bits per heavy atom. The van der Waals surface area contributed by atoms with Crippen LogP contribution in [0.2, 0.25) is 0 Å². The molecule has 0 saturated carbocycles. The van der Waals surface area contributed by atoms with E-state index in [2.05, 4.69) is 0 Å². The van der Waals surface area contributed by atoms with E-state index in [1.54, 1.807) is 13.8 Å². The van der Waals surface area contributed by atoms with Gasteiger partial charge in [0.25, 0.3) is 0 Å². The molecule has 8 nitrogen and oxygen atoms in total. The predicted molar refractivity (Wildman–Crippen MR) is 117 cm³/mol. The minimum atomic E-state index is -0.706. The van der Waals surface area contributed by atoms with E-state index in [0.717, 1.165) is 9.75 Å². The average molecular weight is 471 g/mol. The third kappa shape index (κ3) is 2.33. The maximum absolute atomic E-state index is 13.5. The fourth-order valence-corrected chi connectivity index (χ4v) is 7.78. The van der Waals surface area contributed by atoms with Gasteiger partial charge in [0.2, 0.25) is 23.6 Å². The van der Waals surface area contributed by atoms with Crippen LogP contribution in [0.25, 0.3) is 0 Å². The van der Waals surface area contributed by atoms with Gasteiger partial charge in [-0.3, -0.25) is 29.0 Å². The third-order valence-electron chi connectivity index (χ3n) is 7.21. The Labute approximate surface area is 193 Å². The van der Waals surface area contributed by atoms with Gasteiger partial charge in [0.15, 0.2) is 0 Å². The molecule has 0 aliphatic carbocycles. The van der Waals surface area contributed by atoms with Gasteiger partial charge in [0, 0.05) is 22.8 Å². The summed E-state index contributed by atoms with van der Waals surface area (Å²) in [4.78, 5) is 58.3. The molecule has 0 spiro atoms. The molecule has 0 aromatic carbocycles. The number of fused-ring (bicyclic) bond motifs is 5. The zero-order valence-electron chi connectivity index (χ0n) is 17.6. The molecule has 0 N–H and O–H groups in total. The number of likely N-dealkylation sites (N-methyl/N-ethyl adjacent to an activating group) is 2. The van der Waals surface area contributed by atoms with Crippen LogP contribution in [0, 0.1) is 11.8 Å². The molecule has 2 aromatic heterocycles. The topological polar surface area (TPSA) is 81.2 Å². The first-order valence-corrected chi connectivity index (χ1v) is 12.6. The largest absolute Gasteiger partial charge is 0.281 e. The highest BCUT2D eigenvalue weighted by molar-refractivity contribution is 7.10. The van der Waals surface area contributed by atoms with Gasteiger partial charge in [-0.25, -0.2) is 10.0 Å². The van der Waals surface area contributed by atoms with E-state index in [9.17, 15) is 19.2 Å². The molecule has 4 aliphatic heterocycles. The Morgan fingerprint density at radius 3 is 1.38 bits per heavy atom. The smallest absolute Gasteiger partial charge is 0.248 e. The van der Waals surface area contributed by atoms with E-state index in [1.165, 1.54) is 32.5 Å². The molecule has 0 unspecified atom stereocenters. The monoisotopic (exact) mass is 470 g/mol. The van der Waals surface area contributed by atoms with Crippen molar-refractivity contribution in [2.75, 3.05) is 13.1 Å². The van der Waals surface area contributed by atoms with Gasteiger partial charge < -0.3 is 0 Å². The average Bonchev–Trinajstić information content (AvgIpc) is 3.58. The van der Waals surface area contributed by atoms with E-state index < -0.39 is 36.0 Å². The van der Waals surface area contributed by atoms with Crippen molar-refractivity contribution in [3.05, 3.63) is 44.8 Å². The van der Waals surface area contributed by atoms with Crippen LogP contribution >= 0.6 is 22.7 Å². The first kappa shape index (κ1) is 20.2. The van der Waals surface area contributed by atoms with E-state index in [0.29, 0.717) is 13.1 Å². The summed E-state index contributed by atoms with van der Waals surface area (Å²) in [6.45, 7) is 4.23. The Bertz CT molecular complexity index is 1030. The Balaban J connectivity index is 1.57. The van der Waals surface area contributed by atoms with E-state index in [1.807, 2.05) is 45.0 Å². The summed E-state index contributed by atoms with van der Waals surface area (Å²) >= 11 is 3.03. The van der Waals surface area contributed by atoms with Crippen molar-refractivity contribution in [1.82, 2.24) is 19.8 Å². The van der Waals surface area contributed by atoms with Crippen molar-refractivity contribution in [2.45, 2.75) is 38.0 Å². The van der Waals surface area contributed by atoms with Crippen molar-refractivity contribution >= 4 is 46.3 Å². The summed E-state index contributed by atoms with van der Waals surface area (Å²) in [7, 11) is 0. The number of amides is 4. The quantitative estimate of drug-likeness (QED) is 0.635. The SMILES string of the molecule is CCN1C(=O)[C@H]2[C@@H](C1=O)N1[C@@H](c3cccs3)[C@H]3C(=O)N(CC)C(=O)[C@@H]3N1[C@@H]2c1cccs1. The molecule has 4 amide bonds. The highest BCUT2D eigenvalue weighted by atomic mass is 32.1. The van der Waals surface area contributed by atoms with Crippen LogP contribution in [0.3, 0.4) is 0 Å². The van der Waals surface area contributed by atoms with Crippen LogP contribution in [0.4, 0.5) is 0 Å². The molecule has 166 valence electrons. The second-order valence-electron chi connectivity index (χ2n) is 8.46. The molecule has 10 heteroatoms. The number of rotatable bonds is 4. The number of thiophene rings is 2. The van der Waals surface area contributed by atoms with Gasteiger partial charge in [-0.2, -0.15) is 0 Å². The molecule has 4 aliphatic rings. The van der Waals surface area contributed by atoms with Gasteiger partial charge in [-0.1, -0.05) is 12.1 Å². The molecule has 4 saturated heterocycles. The zero-order chi connectivity index (χ0) is 22.3. The van der Waals surface area contributed by atoms with Crippen molar-refractivity contribution in [1.29, 1.82) is 0 Å². The lowest BCUT2D eigenvalue weighted by molar-refractivity contribution is -0.152. The standard InChI is InChI=1S/C22H22N4O4S2/c1-3-23-19(27)13-15(11-7-5-9-31-11)26-18-14(20(28)24(4-2)22(18)30)16(12-8-6-10-32-12)25(26)17(13)21(23)29/h5-10,13-18H,3-4H2,1-2H3/t13-,14-,15-,16+,17+,18-/m1/s1. The number of likely N-dealkylation sites (tertiary alicyclic amines) is 2. The Hall–Kier alpha value is -2.40. The highest BCUT2D eigenvalue weighted by Gasteiger charge is 2.73. The number of hydrazine groups is 1. The number of hydrogen-bond acceptors (Lipinski definition) is 8. The van der Waals surface area contributed by atoms with Crippen molar-refractivity contribution in [2.24, 2.45) is 11.8 Å². The summed E-state index contributed by atoms with van der Waals surface area (Å²) in [5.74, 6) is -2.05. The molecule has 2 aromatic rings. The summed E-state index contributed by atoms with van der Waals surface area (Å²) < 4.78 is 0. The first-order valence-electron chi connectivity index (χ1n) is 10.8. The maximum Gasteiger partial charge on any atom is 0.248 e. The van der Waals surface area contributed by atoms with Gasteiger partial charge in [-0.15, -0.1) is 22.7 Å². The lowest BCUT2D eigenvalue weighted by Gasteiger charge is -2.34. The molecule has 6 rings (SSSR count). The molecule has 0 bridgehead atoms. The molecule has 32 heavy (non-hydrogen) atoms. The minimum absolute atomic E-state index is 0.194. The van der Waals surface area contributed by atoms with Crippen LogP contribution < -0.4 is 0 Å². The van der Waals surface area contributed by atoms with E-state index in [4.69, 9.17) is 0 Å². The maximum atomic E-state index is 13.5. The number of nitrogens with zero attached hydrogens (tertiary/aromatic N) is 4. The number of imide groups is 2. The molecule has 0 radical (unpaired) electrons. The normalized spacial score (nSPS) is 34.7. The van der Waals surface area contributed by atoms with Crippen LogP contribution in [-0.4, -0.2) is 68.6 Å². The third-order valence-corrected chi connectivity index (χ3v) is 9.10. The second kappa shape index (κ2) is 7.05. The zero-order valence-corrected chi connectivity index (χ0v) is 19.2. The Kier molecular flexibility index (Phi) is 4.45. The first-order chi connectivity index (χ1) is 15.5. The number of carbonyl (C=O) groups is 4. The fraction of sp³-hybridized carbons (Fsp3) is 0.455. The molecular formula is C22H22N4O4S2. The fourth-order valence-electron chi connectivity index (χ4n) is 6.05. The Morgan fingerprint density at radius 2 is 1.06 bits per heavy atom. The molecular weight excluding hydrogens is 448 g/mol. The van der Waals surface area contributed by atoms with E-state index in [-0.39, 0.29) is 23.6 Å². The van der Waals surface area contributed by atoms with E-state index >= 15 is 0 Å². The van der Waals surface area contributed by atoms with Gasteiger partial charge in [0.05, 0.1) is 23.9 Å². The van der Waals surface area contributed by atoms with Gasteiger partial charge in [-0.05, 0) is 36.7 Å². The molecule has 6 heterocycles. The lowest BCUT2D eigenvalue weighted by Crippen LogP contribution is -2.49. The summed E-state index contributed by atoms with van der Waals surface area (Å²) in [5.41, 5.74) is 0. The molecule has 6 atom stereocenters. The summed E-state index contributed by atoms with van der Waals surface area (Å²) in [6.07, 6.45) is 0. The number of hydrogen-bond donors (Lipinski definition) is 0. The van der Waals surface area contributed by atoms with Crippen LogP contribution in [0.15, 0.2) is 35.0 Å². The van der Waals surface area contributed by atoms with Crippen molar-refractivity contribution in [3.8, 4) is 0 Å². The molecule has 4 fully saturated rings. The van der Waals surface area contributed by atoms with Crippen LogP contribution in [0.1, 0.15) is 35.7 Å². The highest BCUT2D eigenvalue weighted by Crippen LogP contribution is 2.59. The summed E-state index contributed by atoms with van der Waals surface area (Å²) in [5, 5.41) is 7.73.